The van der Waals surface area contributed by atoms with Crippen LogP contribution in [0.4, 0.5) is 11.5 Å². The molecule has 6 nitrogen and oxygen atoms in total. The second kappa shape index (κ2) is 4.38. The van der Waals surface area contributed by atoms with Crippen LogP contribution in [0.1, 0.15) is 23.2 Å². The average Bonchev–Trinajstić information content (AvgIpc) is 2.92. The van der Waals surface area contributed by atoms with Gasteiger partial charge in [-0.2, -0.15) is 0 Å². The zero-order chi connectivity index (χ0) is 13.6. The van der Waals surface area contributed by atoms with Gasteiger partial charge in [0.05, 0.1) is 23.6 Å². The molecular formula is C13H17N3O3. The minimum absolute atomic E-state index is 0.0857. The Morgan fingerprint density at radius 1 is 1.42 bits per heavy atom. The summed E-state index contributed by atoms with van der Waals surface area (Å²) in [6.45, 7) is 1.57. The number of nitrogen functional groups attached to an aromatic ring is 1. The summed E-state index contributed by atoms with van der Waals surface area (Å²) >= 11 is 0. The van der Waals surface area contributed by atoms with Gasteiger partial charge >= 0.3 is 5.97 Å². The summed E-state index contributed by atoms with van der Waals surface area (Å²) in [5.74, 6) is 0.365. The third-order valence-corrected chi connectivity index (χ3v) is 4.29. The fraction of sp³-hybridized carbons (Fsp3) is 0.538. The van der Waals surface area contributed by atoms with Crippen molar-refractivity contribution in [2.24, 2.45) is 11.8 Å². The van der Waals surface area contributed by atoms with Crippen molar-refractivity contribution in [2.75, 3.05) is 23.7 Å². The summed E-state index contributed by atoms with van der Waals surface area (Å²) in [6.07, 6.45) is 3.06. The number of hydrogen-bond donors (Lipinski definition) is 3. The Morgan fingerprint density at radius 2 is 2.21 bits per heavy atom. The highest BCUT2D eigenvalue weighted by atomic mass is 16.4. The van der Waals surface area contributed by atoms with Crippen LogP contribution in [0.25, 0.3) is 0 Å². The predicted molar refractivity (Wildman–Crippen MR) is 70.0 cm³/mol. The van der Waals surface area contributed by atoms with E-state index in [9.17, 15) is 9.90 Å². The Bertz CT molecular complexity index is 520. The second-order valence-electron chi connectivity index (χ2n) is 5.41. The van der Waals surface area contributed by atoms with E-state index in [4.69, 9.17) is 10.8 Å². The number of carboxylic acids is 1. The number of aromatic nitrogens is 1. The molecule has 3 atom stereocenters. The van der Waals surface area contributed by atoms with E-state index in [2.05, 4.69) is 4.98 Å². The maximum Gasteiger partial charge on any atom is 0.337 e. The molecule has 0 amide bonds. The second-order valence-corrected chi connectivity index (χ2v) is 5.41. The van der Waals surface area contributed by atoms with E-state index in [1.165, 1.54) is 12.3 Å². The number of carbonyl (C=O) groups is 1. The number of fused-ring (bicyclic) bond motifs is 1. The first-order chi connectivity index (χ1) is 9.06. The molecule has 1 aliphatic carbocycles. The molecule has 2 heterocycles. The Labute approximate surface area is 110 Å². The van der Waals surface area contributed by atoms with Crippen LogP contribution in [-0.2, 0) is 0 Å². The lowest BCUT2D eigenvalue weighted by atomic mass is 10.00. The van der Waals surface area contributed by atoms with Crippen LogP contribution >= 0.6 is 0 Å². The molecule has 4 N–H and O–H groups in total. The van der Waals surface area contributed by atoms with E-state index in [-0.39, 0.29) is 23.3 Å². The molecule has 1 aromatic heterocycles. The third kappa shape index (κ3) is 2.02. The largest absolute Gasteiger partial charge is 0.478 e. The lowest BCUT2D eigenvalue weighted by Gasteiger charge is -2.20. The molecule has 0 spiro atoms. The van der Waals surface area contributed by atoms with E-state index in [1.54, 1.807) is 0 Å². The number of aromatic carboxylic acids is 1. The molecular weight excluding hydrogens is 246 g/mol. The average molecular weight is 263 g/mol. The van der Waals surface area contributed by atoms with Crippen molar-refractivity contribution in [1.29, 1.82) is 0 Å². The number of nitrogens with zero attached hydrogens (tertiary/aromatic N) is 2. The summed E-state index contributed by atoms with van der Waals surface area (Å²) in [5.41, 5.74) is 5.86. The van der Waals surface area contributed by atoms with Gasteiger partial charge in [0, 0.05) is 19.0 Å². The fourth-order valence-corrected chi connectivity index (χ4v) is 3.24. The lowest BCUT2D eigenvalue weighted by molar-refractivity contribution is 0.0698. The number of rotatable bonds is 2. The van der Waals surface area contributed by atoms with Gasteiger partial charge < -0.3 is 20.8 Å². The van der Waals surface area contributed by atoms with Gasteiger partial charge in [0.15, 0.2) is 0 Å². The molecule has 0 radical (unpaired) electrons. The molecule has 1 saturated heterocycles. The molecule has 19 heavy (non-hydrogen) atoms. The molecule has 1 aromatic rings. The van der Waals surface area contributed by atoms with Crippen LogP contribution in [0.2, 0.25) is 0 Å². The molecule has 2 aliphatic rings. The minimum Gasteiger partial charge on any atom is -0.478 e. The van der Waals surface area contributed by atoms with Crippen molar-refractivity contribution < 1.29 is 15.0 Å². The number of aliphatic hydroxyl groups is 1. The first-order valence-corrected chi connectivity index (χ1v) is 6.48. The van der Waals surface area contributed by atoms with Gasteiger partial charge in [0.2, 0.25) is 0 Å². The highest BCUT2D eigenvalue weighted by Crippen LogP contribution is 2.39. The van der Waals surface area contributed by atoms with Crippen LogP contribution in [0, 0.1) is 11.8 Å². The van der Waals surface area contributed by atoms with Crippen LogP contribution in [0.3, 0.4) is 0 Å². The number of hydrogen-bond acceptors (Lipinski definition) is 5. The molecule has 102 valence electrons. The summed E-state index contributed by atoms with van der Waals surface area (Å²) in [4.78, 5) is 17.3. The SMILES string of the molecule is Nc1cnc(N2CC3CCC(O)C3C2)cc1C(=O)O. The molecule has 1 saturated carbocycles. The van der Waals surface area contributed by atoms with Gasteiger partial charge in [-0.05, 0) is 24.8 Å². The standard InChI is InChI=1S/C13H17N3O3/c14-10-4-15-12(3-8(10)13(18)19)16-5-7-1-2-11(17)9(7)6-16/h3-4,7,9,11,17H,1-2,5-6,14H2,(H,18,19). The quantitative estimate of drug-likeness (QED) is 0.721. The number of aliphatic hydroxyl groups excluding tert-OH is 1. The molecule has 3 unspecified atom stereocenters. The van der Waals surface area contributed by atoms with Gasteiger partial charge in [0.1, 0.15) is 5.82 Å². The van der Waals surface area contributed by atoms with Crippen molar-refractivity contribution in [3.8, 4) is 0 Å². The molecule has 0 aromatic carbocycles. The van der Waals surface area contributed by atoms with E-state index >= 15 is 0 Å². The number of nitrogens with two attached hydrogens (primary N) is 1. The van der Waals surface area contributed by atoms with Crippen molar-refractivity contribution in [1.82, 2.24) is 4.98 Å². The van der Waals surface area contributed by atoms with Gasteiger partial charge in [-0.3, -0.25) is 0 Å². The van der Waals surface area contributed by atoms with Crippen LogP contribution in [0.5, 0.6) is 0 Å². The fourth-order valence-electron chi connectivity index (χ4n) is 3.24. The Morgan fingerprint density at radius 3 is 2.89 bits per heavy atom. The van der Waals surface area contributed by atoms with Gasteiger partial charge in [-0.25, -0.2) is 9.78 Å². The van der Waals surface area contributed by atoms with Gasteiger partial charge in [0.25, 0.3) is 0 Å². The topological polar surface area (TPSA) is 99.7 Å². The van der Waals surface area contributed by atoms with Gasteiger partial charge in [-0.1, -0.05) is 0 Å². The maximum atomic E-state index is 11.1. The maximum absolute atomic E-state index is 11.1. The highest BCUT2D eigenvalue weighted by molar-refractivity contribution is 5.94. The van der Waals surface area contributed by atoms with E-state index < -0.39 is 5.97 Å². The van der Waals surface area contributed by atoms with E-state index in [0.29, 0.717) is 11.7 Å². The molecule has 3 rings (SSSR count). The zero-order valence-electron chi connectivity index (χ0n) is 10.5. The molecule has 0 bridgehead atoms. The first kappa shape index (κ1) is 12.2. The minimum atomic E-state index is -1.04. The zero-order valence-corrected chi connectivity index (χ0v) is 10.5. The normalized spacial score (nSPS) is 29.5. The highest BCUT2D eigenvalue weighted by Gasteiger charge is 2.42. The van der Waals surface area contributed by atoms with Crippen LogP contribution in [-0.4, -0.2) is 40.4 Å². The summed E-state index contributed by atoms with van der Waals surface area (Å²) in [7, 11) is 0. The van der Waals surface area contributed by atoms with Gasteiger partial charge in [-0.15, -0.1) is 0 Å². The molecule has 6 heteroatoms. The summed E-state index contributed by atoms with van der Waals surface area (Å²) in [5, 5.41) is 19.0. The molecule has 2 fully saturated rings. The Hall–Kier alpha value is -1.82. The Balaban J connectivity index is 1.84. The summed E-state index contributed by atoms with van der Waals surface area (Å²) in [6, 6.07) is 1.52. The van der Waals surface area contributed by atoms with E-state index in [1.807, 2.05) is 4.90 Å². The number of anilines is 2. The van der Waals surface area contributed by atoms with Crippen LogP contribution < -0.4 is 10.6 Å². The van der Waals surface area contributed by atoms with Crippen molar-refractivity contribution in [3.05, 3.63) is 17.8 Å². The Kier molecular flexibility index (Phi) is 2.82. The van der Waals surface area contributed by atoms with Crippen molar-refractivity contribution in [2.45, 2.75) is 18.9 Å². The third-order valence-electron chi connectivity index (χ3n) is 4.29. The monoisotopic (exact) mass is 263 g/mol. The smallest absolute Gasteiger partial charge is 0.337 e. The van der Waals surface area contributed by atoms with Crippen molar-refractivity contribution >= 4 is 17.5 Å². The predicted octanol–water partition coefficient (Wildman–Crippen LogP) is 0.569. The van der Waals surface area contributed by atoms with Crippen LogP contribution in [0.15, 0.2) is 12.3 Å². The lowest BCUT2D eigenvalue weighted by Crippen LogP contribution is -2.25. The molecule has 1 aliphatic heterocycles. The van der Waals surface area contributed by atoms with Crippen molar-refractivity contribution in [3.63, 3.8) is 0 Å². The van der Waals surface area contributed by atoms with E-state index in [0.717, 1.165) is 25.9 Å². The number of pyridine rings is 1. The summed E-state index contributed by atoms with van der Waals surface area (Å²) < 4.78 is 0. The number of carboxylic acid groups (broad SMARTS) is 1. The first-order valence-electron chi connectivity index (χ1n) is 6.48.